The molecule has 4 N–H and O–H groups in total. The highest BCUT2D eigenvalue weighted by molar-refractivity contribution is 6.06. The smallest absolute Gasteiger partial charge is 0.307 e. The van der Waals surface area contributed by atoms with E-state index in [0.717, 1.165) is 16.7 Å². The van der Waals surface area contributed by atoms with Gasteiger partial charge < -0.3 is 20.6 Å². The van der Waals surface area contributed by atoms with Gasteiger partial charge in [0.05, 0.1) is 12.7 Å². The van der Waals surface area contributed by atoms with E-state index in [-0.39, 0.29) is 12.1 Å². The predicted molar refractivity (Wildman–Crippen MR) is 113 cm³/mol. The normalized spacial score (nSPS) is 10.8. The Morgan fingerprint density at radius 2 is 1.90 bits per heavy atom. The van der Waals surface area contributed by atoms with Gasteiger partial charge in [0, 0.05) is 23.9 Å². The first-order chi connectivity index (χ1) is 14.5. The number of anilines is 1. The zero-order chi connectivity index (χ0) is 21.1. The van der Waals surface area contributed by atoms with Crippen LogP contribution in [0.5, 0.6) is 0 Å². The molecule has 0 saturated heterocycles. The number of carboxylic acids is 1. The molecule has 30 heavy (non-hydrogen) atoms. The molecule has 0 saturated carbocycles. The van der Waals surface area contributed by atoms with E-state index in [2.05, 4.69) is 10.3 Å². The van der Waals surface area contributed by atoms with Gasteiger partial charge in [-0.3, -0.25) is 9.59 Å². The van der Waals surface area contributed by atoms with Crippen molar-refractivity contribution >= 4 is 28.7 Å². The van der Waals surface area contributed by atoms with Gasteiger partial charge in [-0.2, -0.15) is 0 Å². The van der Waals surface area contributed by atoms with Crippen LogP contribution >= 0.6 is 0 Å². The molecule has 2 aromatic heterocycles. The highest BCUT2D eigenvalue weighted by atomic mass is 16.4. The number of carbonyl (C=O) groups is 2. The molecule has 0 fully saturated rings. The Hall–Kier alpha value is -3.97. The molecule has 7 heteroatoms. The Morgan fingerprint density at radius 1 is 1.07 bits per heavy atom. The number of aromatic nitrogens is 1. The summed E-state index contributed by atoms with van der Waals surface area (Å²) in [4.78, 5) is 28.5. The second-order valence-corrected chi connectivity index (χ2v) is 6.78. The van der Waals surface area contributed by atoms with Crippen LogP contribution in [-0.2, 0) is 17.8 Å². The Balaban J connectivity index is 1.73. The Morgan fingerprint density at radius 3 is 2.70 bits per heavy atom. The fraction of sp³-hybridized carbons (Fsp3) is 0.0870. The Labute approximate surface area is 172 Å². The molecule has 7 nitrogen and oxygen atoms in total. The number of amides is 1. The zero-order valence-corrected chi connectivity index (χ0v) is 16.0. The minimum atomic E-state index is -0.975. The summed E-state index contributed by atoms with van der Waals surface area (Å²) in [5.74, 6) is -1.41. The number of carbonyl (C=O) groups excluding carboxylic acids is 1. The van der Waals surface area contributed by atoms with Crippen molar-refractivity contribution < 1.29 is 19.1 Å². The average molecular weight is 401 g/mol. The van der Waals surface area contributed by atoms with E-state index < -0.39 is 11.9 Å². The predicted octanol–water partition coefficient (Wildman–Crippen LogP) is 3.83. The molecule has 2 heterocycles. The van der Waals surface area contributed by atoms with Crippen LogP contribution in [0.2, 0.25) is 0 Å². The van der Waals surface area contributed by atoms with E-state index in [1.54, 1.807) is 36.4 Å². The van der Waals surface area contributed by atoms with Gasteiger partial charge in [0.1, 0.15) is 11.2 Å². The number of nitrogens with zero attached hydrogens (tertiary/aromatic N) is 1. The molecule has 0 atom stereocenters. The first kappa shape index (κ1) is 19.4. The number of rotatable bonds is 6. The van der Waals surface area contributed by atoms with Crippen molar-refractivity contribution in [3.8, 4) is 11.1 Å². The lowest BCUT2D eigenvalue weighted by Gasteiger charge is -2.11. The second-order valence-electron chi connectivity index (χ2n) is 6.78. The summed E-state index contributed by atoms with van der Waals surface area (Å²) in [6.45, 7) is 0.397. The van der Waals surface area contributed by atoms with Crippen LogP contribution in [-0.4, -0.2) is 22.0 Å². The largest absolute Gasteiger partial charge is 0.481 e. The number of carboxylic acid groups (broad SMARTS) is 1. The summed E-state index contributed by atoms with van der Waals surface area (Å²) in [5.41, 5.74) is 10.6. The standard InChI is InChI=1S/C23H19N3O4/c24-13-14-4-3-6-15(10-14)17-12-20(25-19-8-9-30-22(17)19)23(29)26-18-7-2-1-5-16(18)11-21(27)28/h1-10,12H,11,13,24H2,(H,26,29)(H,27,28). The van der Waals surface area contributed by atoms with Crippen molar-refractivity contribution in [2.45, 2.75) is 13.0 Å². The lowest BCUT2D eigenvalue weighted by atomic mass is 10.0. The van der Waals surface area contributed by atoms with Crippen molar-refractivity contribution in [3.63, 3.8) is 0 Å². The molecule has 2 aromatic carbocycles. The zero-order valence-electron chi connectivity index (χ0n) is 16.0. The van der Waals surface area contributed by atoms with Crippen LogP contribution in [0.3, 0.4) is 0 Å². The molecular formula is C23H19N3O4. The number of hydrogen-bond donors (Lipinski definition) is 3. The van der Waals surface area contributed by atoms with Crippen LogP contribution in [0.15, 0.2) is 71.3 Å². The number of furan rings is 1. The van der Waals surface area contributed by atoms with Crippen LogP contribution in [0.1, 0.15) is 21.6 Å². The van der Waals surface area contributed by atoms with Gasteiger partial charge in [0.2, 0.25) is 0 Å². The van der Waals surface area contributed by atoms with Crippen molar-refractivity contribution in [1.29, 1.82) is 0 Å². The lowest BCUT2D eigenvalue weighted by molar-refractivity contribution is -0.136. The lowest BCUT2D eigenvalue weighted by Crippen LogP contribution is -2.16. The fourth-order valence-electron chi connectivity index (χ4n) is 3.30. The van der Waals surface area contributed by atoms with Gasteiger partial charge in [-0.1, -0.05) is 36.4 Å². The van der Waals surface area contributed by atoms with Crippen molar-refractivity contribution in [2.75, 3.05) is 5.32 Å². The number of nitrogens with two attached hydrogens (primary N) is 1. The van der Waals surface area contributed by atoms with Crippen LogP contribution in [0, 0.1) is 0 Å². The Kier molecular flexibility index (Phi) is 5.28. The SMILES string of the molecule is NCc1cccc(-c2cc(C(=O)Nc3ccccc3CC(=O)O)nc3ccoc23)c1. The number of hydrogen-bond acceptors (Lipinski definition) is 5. The first-order valence-electron chi connectivity index (χ1n) is 9.34. The molecule has 4 rings (SSSR count). The molecular weight excluding hydrogens is 382 g/mol. The van der Waals surface area contributed by atoms with Crippen LogP contribution in [0.4, 0.5) is 5.69 Å². The highest BCUT2D eigenvalue weighted by Gasteiger charge is 2.17. The van der Waals surface area contributed by atoms with Gasteiger partial charge in [-0.15, -0.1) is 0 Å². The van der Waals surface area contributed by atoms with Gasteiger partial charge in [0.25, 0.3) is 5.91 Å². The topological polar surface area (TPSA) is 118 Å². The number of benzene rings is 2. The van der Waals surface area contributed by atoms with Crippen molar-refractivity contribution in [3.05, 3.63) is 83.7 Å². The first-order valence-corrected chi connectivity index (χ1v) is 9.34. The summed E-state index contributed by atoms with van der Waals surface area (Å²) in [6, 6.07) is 17.8. The maximum Gasteiger partial charge on any atom is 0.307 e. The summed E-state index contributed by atoms with van der Waals surface area (Å²) in [7, 11) is 0. The molecule has 0 radical (unpaired) electrons. The molecule has 4 aromatic rings. The number of aliphatic carboxylic acids is 1. The molecule has 0 unspecified atom stereocenters. The average Bonchev–Trinajstić information content (AvgIpc) is 3.23. The van der Waals surface area contributed by atoms with Crippen LogP contribution < -0.4 is 11.1 Å². The van der Waals surface area contributed by atoms with Gasteiger partial charge in [-0.05, 0) is 34.9 Å². The number of para-hydroxylation sites is 1. The van der Waals surface area contributed by atoms with Crippen LogP contribution in [0.25, 0.3) is 22.2 Å². The monoisotopic (exact) mass is 401 g/mol. The van der Waals surface area contributed by atoms with E-state index in [0.29, 0.717) is 28.9 Å². The molecule has 0 bridgehead atoms. The van der Waals surface area contributed by atoms with Crippen molar-refractivity contribution in [2.24, 2.45) is 5.73 Å². The second kappa shape index (κ2) is 8.18. The highest BCUT2D eigenvalue weighted by Crippen LogP contribution is 2.30. The number of fused-ring (bicyclic) bond motifs is 1. The van der Waals surface area contributed by atoms with E-state index in [1.807, 2.05) is 24.3 Å². The minimum Gasteiger partial charge on any atom is -0.481 e. The summed E-state index contributed by atoms with van der Waals surface area (Å²) in [6.07, 6.45) is 1.33. The fourth-order valence-corrected chi connectivity index (χ4v) is 3.30. The molecule has 1 amide bonds. The molecule has 0 aliphatic heterocycles. The summed E-state index contributed by atoms with van der Waals surface area (Å²) < 4.78 is 5.60. The quantitative estimate of drug-likeness (QED) is 0.452. The third kappa shape index (κ3) is 3.92. The summed E-state index contributed by atoms with van der Waals surface area (Å²) in [5, 5.41) is 11.9. The van der Waals surface area contributed by atoms with Gasteiger partial charge in [-0.25, -0.2) is 4.98 Å². The number of pyridine rings is 1. The van der Waals surface area contributed by atoms with E-state index in [1.165, 1.54) is 6.26 Å². The van der Waals surface area contributed by atoms with E-state index in [9.17, 15) is 9.59 Å². The van der Waals surface area contributed by atoms with Gasteiger partial charge >= 0.3 is 5.97 Å². The molecule has 0 aliphatic carbocycles. The molecule has 0 aliphatic rings. The molecule has 0 spiro atoms. The third-order valence-electron chi connectivity index (χ3n) is 4.72. The third-order valence-corrected chi connectivity index (χ3v) is 4.72. The van der Waals surface area contributed by atoms with Crippen molar-refractivity contribution in [1.82, 2.24) is 4.98 Å². The Bertz CT molecular complexity index is 1250. The van der Waals surface area contributed by atoms with E-state index in [4.69, 9.17) is 15.3 Å². The maximum atomic E-state index is 13.0. The molecule has 150 valence electrons. The maximum absolute atomic E-state index is 13.0. The number of nitrogens with one attached hydrogen (secondary N) is 1. The van der Waals surface area contributed by atoms with E-state index >= 15 is 0 Å². The van der Waals surface area contributed by atoms with Gasteiger partial charge in [0.15, 0.2) is 5.58 Å². The minimum absolute atomic E-state index is 0.193. The summed E-state index contributed by atoms with van der Waals surface area (Å²) >= 11 is 0.